The maximum absolute atomic E-state index is 13.4. The smallest absolute Gasteiger partial charge is 0.338 e. The van der Waals surface area contributed by atoms with E-state index in [0.717, 1.165) is 36.8 Å². The summed E-state index contributed by atoms with van der Waals surface area (Å²) < 4.78 is 44.5. The molecule has 0 saturated carbocycles. The van der Waals surface area contributed by atoms with Crippen molar-refractivity contribution in [1.82, 2.24) is 4.31 Å². The fraction of sp³-hybridized carbons (Fsp3) is 0.429. The molecule has 1 aromatic heterocycles. The number of rotatable bonds is 7. The Kier molecular flexibility index (Phi) is 8.04. The van der Waals surface area contributed by atoms with Gasteiger partial charge in [-0.15, -0.1) is 0 Å². The predicted molar refractivity (Wildman–Crippen MR) is 141 cm³/mol. The molecule has 2 heterocycles. The molecule has 3 aromatic rings. The SMILES string of the molecule is COc1ccc(C(=O)OCc2cc(=O)oc3cc(C)c(C(C)C)cc23)cc1S(=O)(=O)N1CCCCCC1. The Hall–Kier alpha value is -3.17. The summed E-state index contributed by atoms with van der Waals surface area (Å²) in [5, 5.41) is 0.695. The number of nitrogens with zero attached hydrogens (tertiary/aromatic N) is 1. The molecular weight excluding hydrogens is 494 g/mol. The standard InChI is InChI=1S/C28H33NO7S/c1-18(2)22-16-23-21(15-27(30)36-25(23)13-19(22)3)17-35-28(31)20-9-10-24(34-4)26(14-20)37(32,33)29-11-7-5-6-8-12-29/h9-10,13-16,18H,5-8,11-12,17H2,1-4H3. The topological polar surface area (TPSA) is 103 Å². The summed E-state index contributed by atoms with van der Waals surface area (Å²) >= 11 is 0. The molecule has 1 aliphatic rings. The summed E-state index contributed by atoms with van der Waals surface area (Å²) in [4.78, 5) is 25.1. The Morgan fingerprint density at radius 1 is 1.05 bits per heavy atom. The van der Waals surface area contributed by atoms with Crippen LogP contribution in [0.2, 0.25) is 0 Å². The fourth-order valence-corrected chi connectivity index (χ4v) is 6.48. The van der Waals surface area contributed by atoms with Gasteiger partial charge in [0.05, 0.1) is 12.7 Å². The van der Waals surface area contributed by atoms with Crippen LogP contribution in [0.3, 0.4) is 0 Å². The summed E-state index contributed by atoms with van der Waals surface area (Å²) in [6.07, 6.45) is 3.56. The van der Waals surface area contributed by atoms with Crippen molar-refractivity contribution in [1.29, 1.82) is 0 Å². The lowest BCUT2D eigenvalue weighted by atomic mass is 9.95. The van der Waals surface area contributed by atoms with Crippen molar-refractivity contribution >= 4 is 27.0 Å². The normalized spacial score (nSPS) is 15.1. The summed E-state index contributed by atoms with van der Waals surface area (Å²) in [7, 11) is -2.46. The number of methoxy groups -OCH3 is 1. The Labute approximate surface area is 217 Å². The van der Waals surface area contributed by atoms with E-state index in [1.807, 2.05) is 19.1 Å². The van der Waals surface area contributed by atoms with Crippen molar-refractivity contribution in [3.8, 4) is 5.75 Å². The minimum absolute atomic E-state index is 0.0609. The largest absolute Gasteiger partial charge is 0.495 e. The first-order valence-electron chi connectivity index (χ1n) is 12.5. The molecule has 4 rings (SSSR count). The van der Waals surface area contributed by atoms with Gasteiger partial charge in [-0.2, -0.15) is 4.31 Å². The van der Waals surface area contributed by atoms with Crippen molar-refractivity contribution in [2.75, 3.05) is 20.2 Å². The molecule has 0 amide bonds. The summed E-state index contributed by atoms with van der Waals surface area (Å²) in [6.45, 7) is 6.81. The third-order valence-electron chi connectivity index (χ3n) is 6.78. The number of hydrogen-bond acceptors (Lipinski definition) is 7. The Balaban J connectivity index is 1.63. The lowest BCUT2D eigenvalue weighted by molar-refractivity contribution is 0.0473. The molecule has 8 nitrogen and oxygen atoms in total. The van der Waals surface area contributed by atoms with Crippen LogP contribution in [0.15, 0.2) is 50.5 Å². The average Bonchev–Trinajstić information content (AvgIpc) is 3.16. The first-order valence-corrected chi connectivity index (χ1v) is 14.0. The van der Waals surface area contributed by atoms with Gasteiger partial charge < -0.3 is 13.9 Å². The van der Waals surface area contributed by atoms with Crippen LogP contribution in [0.1, 0.15) is 72.5 Å². The van der Waals surface area contributed by atoms with Crippen molar-refractivity contribution < 1.29 is 27.1 Å². The molecule has 1 aliphatic heterocycles. The van der Waals surface area contributed by atoms with Crippen LogP contribution in [-0.2, 0) is 21.4 Å². The fourth-order valence-electron chi connectivity index (χ4n) is 4.79. The number of ether oxygens (including phenoxy) is 2. The molecule has 9 heteroatoms. The number of aryl methyl sites for hydroxylation is 1. The maximum atomic E-state index is 13.4. The number of esters is 1. The van der Waals surface area contributed by atoms with Gasteiger partial charge in [-0.1, -0.05) is 26.7 Å². The lowest BCUT2D eigenvalue weighted by Gasteiger charge is -2.21. The van der Waals surface area contributed by atoms with Crippen molar-refractivity contribution in [2.45, 2.75) is 63.9 Å². The highest BCUT2D eigenvalue weighted by molar-refractivity contribution is 7.89. The van der Waals surface area contributed by atoms with E-state index in [1.54, 1.807) is 0 Å². The average molecular weight is 528 g/mol. The molecule has 0 unspecified atom stereocenters. The first kappa shape index (κ1) is 26.9. The molecular formula is C28H33NO7S. The van der Waals surface area contributed by atoms with E-state index in [0.29, 0.717) is 29.6 Å². The third kappa shape index (κ3) is 5.72. The molecule has 0 atom stereocenters. The van der Waals surface area contributed by atoms with Gasteiger partial charge in [-0.05, 0) is 67.1 Å². The van der Waals surface area contributed by atoms with E-state index in [9.17, 15) is 18.0 Å². The number of sulfonamides is 1. The van der Waals surface area contributed by atoms with Gasteiger partial charge in [0.2, 0.25) is 10.0 Å². The zero-order valence-electron chi connectivity index (χ0n) is 21.7. The Morgan fingerprint density at radius 3 is 2.41 bits per heavy atom. The second-order valence-electron chi connectivity index (χ2n) is 9.71. The maximum Gasteiger partial charge on any atom is 0.338 e. The van der Waals surface area contributed by atoms with E-state index in [-0.39, 0.29) is 28.7 Å². The van der Waals surface area contributed by atoms with Gasteiger partial charge >= 0.3 is 11.6 Å². The van der Waals surface area contributed by atoms with Gasteiger partial charge in [-0.25, -0.2) is 18.0 Å². The Morgan fingerprint density at radius 2 is 1.76 bits per heavy atom. The number of hydrogen-bond donors (Lipinski definition) is 0. The van der Waals surface area contributed by atoms with Crippen molar-refractivity contribution in [3.05, 3.63) is 69.1 Å². The van der Waals surface area contributed by atoms with Crippen LogP contribution in [-0.4, -0.2) is 38.9 Å². The van der Waals surface area contributed by atoms with Crippen molar-refractivity contribution in [3.63, 3.8) is 0 Å². The Bertz CT molecular complexity index is 1470. The van der Waals surface area contributed by atoms with Gasteiger partial charge in [0, 0.05) is 30.1 Å². The monoisotopic (exact) mass is 527 g/mol. The predicted octanol–water partition coefficient (Wildman–Crippen LogP) is 5.16. The van der Waals surface area contributed by atoms with Gasteiger partial charge in [-0.3, -0.25) is 0 Å². The minimum atomic E-state index is -3.86. The molecule has 2 aromatic carbocycles. The van der Waals surface area contributed by atoms with Gasteiger partial charge in [0.25, 0.3) is 0 Å². The number of carbonyl (C=O) groups excluding carboxylic acids is 1. The van der Waals surface area contributed by atoms with Crippen LogP contribution >= 0.6 is 0 Å². The van der Waals surface area contributed by atoms with E-state index in [1.165, 1.54) is 35.7 Å². The lowest BCUT2D eigenvalue weighted by Crippen LogP contribution is -2.32. The third-order valence-corrected chi connectivity index (χ3v) is 8.70. The second kappa shape index (κ2) is 11.1. The zero-order chi connectivity index (χ0) is 26.7. The van der Waals surface area contributed by atoms with E-state index >= 15 is 0 Å². The van der Waals surface area contributed by atoms with Crippen LogP contribution < -0.4 is 10.4 Å². The summed E-state index contributed by atoms with van der Waals surface area (Å²) in [5.74, 6) is -0.271. The van der Waals surface area contributed by atoms with Gasteiger partial charge in [0.15, 0.2) is 0 Å². The molecule has 0 bridgehead atoms. The number of benzene rings is 2. The first-order chi connectivity index (χ1) is 17.6. The van der Waals surface area contributed by atoms with E-state index in [4.69, 9.17) is 13.9 Å². The summed E-state index contributed by atoms with van der Waals surface area (Å²) in [6, 6.07) is 9.34. The molecule has 1 fully saturated rings. The molecule has 0 N–H and O–H groups in total. The molecule has 0 aliphatic carbocycles. The summed E-state index contributed by atoms with van der Waals surface area (Å²) in [5.41, 5.74) is 2.61. The van der Waals surface area contributed by atoms with Crippen LogP contribution in [0.5, 0.6) is 5.75 Å². The van der Waals surface area contributed by atoms with Crippen molar-refractivity contribution in [2.24, 2.45) is 0 Å². The molecule has 37 heavy (non-hydrogen) atoms. The van der Waals surface area contributed by atoms with Gasteiger partial charge in [0.1, 0.15) is 22.8 Å². The van der Waals surface area contributed by atoms with E-state index < -0.39 is 21.6 Å². The van der Waals surface area contributed by atoms with Crippen LogP contribution in [0.4, 0.5) is 0 Å². The highest BCUT2D eigenvalue weighted by Crippen LogP contribution is 2.30. The van der Waals surface area contributed by atoms with Crippen LogP contribution in [0.25, 0.3) is 11.0 Å². The van der Waals surface area contributed by atoms with Crippen LogP contribution in [0, 0.1) is 6.92 Å². The highest BCUT2D eigenvalue weighted by Gasteiger charge is 2.29. The molecule has 0 spiro atoms. The quantitative estimate of drug-likeness (QED) is 0.309. The molecule has 198 valence electrons. The molecule has 0 radical (unpaired) electrons. The minimum Gasteiger partial charge on any atom is -0.495 e. The number of fused-ring (bicyclic) bond motifs is 1. The second-order valence-corrected chi connectivity index (χ2v) is 11.6. The number of carbonyl (C=O) groups is 1. The molecule has 1 saturated heterocycles. The zero-order valence-corrected chi connectivity index (χ0v) is 22.5. The van der Waals surface area contributed by atoms with E-state index in [2.05, 4.69) is 13.8 Å². The highest BCUT2D eigenvalue weighted by atomic mass is 32.2.